The van der Waals surface area contributed by atoms with E-state index in [4.69, 9.17) is 18.9 Å². The first kappa shape index (κ1) is 24.0. The molecule has 0 amide bonds. The third-order valence-corrected chi connectivity index (χ3v) is 6.07. The molecule has 5 rings (SSSR count). The zero-order valence-corrected chi connectivity index (χ0v) is 19.1. The first-order valence-electron chi connectivity index (χ1n) is 11.5. The van der Waals surface area contributed by atoms with E-state index in [1.165, 1.54) is 30.6 Å². The molecule has 1 saturated heterocycles. The monoisotopic (exact) mass is 496 g/mol. The quantitative estimate of drug-likeness (QED) is 0.373. The molecule has 3 aromatic rings. The molecule has 10 heteroatoms. The van der Waals surface area contributed by atoms with Crippen molar-refractivity contribution in [1.82, 2.24) is 9.97 Å². The molecule has 1 spiro atoms. The summed E-state index contributed by atoms with van der Waals surface area (Å²) < 4.78 is 49.3. The van der Waals surface area contributed by atoms with Crippen LogP contribution in [0.2, 0.25) is 0 Å². The number of carbonyl (C=O) groups is 2. The molecule has 0 bridgehead atoms. The van der Waals surface area contributed by atoms with E-state index in [9.17, 15) is 18.4 Å². The Labute approximate surface area is 205 Å². The Kier molecular flexibility index (Phi) is 6.71. The number of carbonyl (C=O) groups excluding carboxylic acids is 2. The second kappa shape index (κ2) is 10.1. The van der Waals surface area contributed by atoms with Crippen LogP contribution in [0.15, 0.2) is 54.9 Å². The van der Waals surface area contributed by atoms with Gasteiger partial charge >= 0.3 is 11.9 Å². The molecular formula is C26H22F2N2O6. The molecule has 0 radical (unpaired) electrons. The van der Waals surface area contributed by atoms with E-state index in [0.717, 1.165) is 44.2 Å². The van der Waals surface area contributed by atoms with Crippen molar-refractivity contribution < 1.29 is 37.3 Å². The van der Waals surface area contributed by atoms with Gasteiger partial charge in [0.2, 0.25) is 0 Å². The van der Waals surface area contributed by atoms with Gasteiger partial charge in [0.05, 0.1) is 24.6 Å². The molecule has 2 heterocycles. The largest absolute Gasteiger partial charge is 0.423 e. The molecule has 1 aromatic heterocycles. The summed E-state index contributed by atoms with van der Waals surface area (Å²) in [7, 11) is 0. The van der Waals surface area contributed by atoms with E-state index in [-0.39, 0.29) is 18.1 Å². The van der Waals surface area contributed by atoms with Gasteiger partial charge in [0.15, 0.2) is 35.1 Å². The lowest BCUT2D eigenvalue weighted by molar-refractivity contribution is -0.193. The zero-order valence-electron chi connectivity index (χ0n) is 19.1. The summed E-state index contributed by atoms with van der Waals surface area (Å²) in [4.78, 5) is 33.1. The minimum atomic E-state index is -1.27. The van der Waals surface area contributed by atoms with Crippen LogP contribution in [0.5, 0.6) is 11.5 Å². The highest BCUT2D eigenvalue weighted by molar-refractivity contribution is 5.91. The van der Waals surface area contributed by atoms with Gasteiger partial charge in [-0.2, -0.15) is 0 Å². The summed E-state index contributed by atoms with van der Waals surface area (Å²) in [6, 6.07) is 9.41. The first-order chi connectivity index (χ1) is 17.4. The average molecular weight is 496 g/mol. The topological polar surface area (TPSA) is 96.8 Å². The molecule has 1 atom stereocenters. The highest BCUT2D eigenvalue weighted by atomic mass is 19.2. The summed E-state index contributed by atoms with van der Waals surface area (Å²) in [6.07, 6.45) is 6.63. The number of halogens is 2. The van der Waals surface area contributed by atoms with Gasteiger partial charge in [0.1, 0.15) is 5.75 Å². The minimum Gasteiger partial charge on any atom is -0.423 e. The molecule has 2 aromatic carbocycles. The van der Waals surface area contributed by atoms with Crippen molar-refractivity contribution in [3.63, 3.8) is 0 Å². The van der Waals surface area contributed by atoms with Crippen molar-refractivity contribution in [2.24, 2.45) is 0 Å². The fourth-order valence-electron chi connectivity index (χ4n) is 4.22. The molecule has 1 aliphatic heterocycles. The number of hydrogen-bond acceptors (Lipinski definition) is 8. The maximum atomic E-state index is 13.8. The fraction of sp³-hybridized carbons (Fsp3) is 0.308. The number of ether oxygens (including phenoxy) is 4. The number of benzene rings is 2. The highest BCUT2D eigenvalue weighted by Gasteiger charge is 2.45. The molecule has 2 aliphatic rings. The van der Waals surface area contributed by atoms with Crippen LogP contribution in [0.4, 0.5) is 8.78 Å². The van der Waals surface area contributed by atoms with Gasteiger partial charge in [-0.15, -0.1) is 0 Å². The maximum absolute atomic E-state index is 13.8. The lowest BCUT2D eigenvalue weighted by Gasteiger charge is -2.31. The van der Waals surface area contributed by atoms with E-state index in [2.05, 4.69) is 9.97 Å². The van der Waals surface area contributed by atoms with Crippen molar-refractivity contribution in [3.05, 3.63) is 72.1 Å². The predicted octanol–water partition coefficient (Wildman–Crippen LogP) is 4.62. The van der Waals surface area contributed by atoms with Crippen LogP contribution >= 0.6 is 0 Å². The van der Waals surface area contributed by atoms with E-state index in [1.54, 1.807) is 12.1 Å². The SMILES string of the molecule is O=C(Oc1ccc(-c2ncc(OC(=O)[C@H]3COC4(CCCCC4)O3)cn2)cc1)c1cccc(F)c1F. The molecule has 1 saturated carbocycles. The minimum absolute atomic E-state index is 0.132. The molecule has 36 heavy (non-hydrogen) atoms. The van der Waals surface area contributed by atoms with Gasteiger partial charge in [-0.3, -0.25) is 0 Å². The third-order valence-electron chi connectivity index (χ3n) is 6.07. The van der Waals surface area contributed by atoms with Crippen LogP contribution in [-0.4, -0.2) is 40.4 Å². The van der Waals surface area contributed by atoms with Crippen LogP contribution < -0.4 is 9.47 Å². The number of esters is 2. The van der Waals surface area contributed by atoms with Crippen molar-refractivity contribution in [1.29, 1.82) is 0 Å². The van der Waals surface area contributed by atoms with Crippen molar-refractivity contribution in [3.8, 4) is 22.9 Å². The van der Waals surface area contributed by atoms with Gasteiger partial charge in [-0.05, 0) is 49.2 Å². The second-order valence-corrected chi connectivity index (χ2v) is 8.57. The molecule has 186 valence electrons. The van der Waals surface area contributed by atoms with Crippen LogP contribution in [0, 0.1) is 11.6 Å². The smallest absolute Gasteiger partial charge is 0.346 e. The number of rotatable bonds is 5. The Bertz CT molecular complexity index is 1260. The number of nitrogens with zero attached hydrogens (tertiary/aromatic N) is 2. The zero-order chi connectivity index (χ0) is 25.1. The third kappa shape index (κ3) is 5.09. The van der Waals surface area contributed by atoms with E-state index in [1.807, 2.05) is 0 Å². The molecule has 8 nitrogen and oxygen atoms in total. The van der Waals surface area contributed by atoms with Gasteiger partial charge in [0.25, 0.3) is 0 Å². The summed E-state index contributed by atoms with van der Waals surface area (Å²) >= 11 is 0. The van der Waals surface area contributed by atoms with Gasteiger partial charge < -0.3 is 18.9 Å². The van der Waals surface area contributed by atoms with Gasteiger partial charge in [-0.25, -0.2) is 28.3 Å². The van der Waals surface area contributed by atoms with Crippen LogP contribution in [0.3, 0.4) is 0 Å². The van der Waals surface area contributed by atoms with Crippen molar-refractivity contribution in [2.45, 2.75) is 44.0 Å². The Balaban J connectivity index is 1.18. The Morgan fingerprint density at radius 1 is 0.917 bits per heavy atom. The summed E-state index contributed by atoms with van der Waals surface area (Å²) in [6.45, 7) is 0.153. The number of hydrogen-bond donors (Lipinski definition) is 0. The average Bonchev–Trinajstić information content (AvgIpc) is 3.30. The Morgan fingerprint density at radius 2 is 1.64 bits per heavy atom. The van der Waals surface area contributed by atoms with Crippen molar-refractivity contribution in [2.75, 3.05) is 6.61 Å². The second-order valence-electron chi connectivity index (χ2n) is 8.57. The molecule has 0 N–H and O–H groups in total. The van der Waals surface area contributed by atoms with E-state index >= 15 is 0 Å². The molecule has 2 fully saturated rings. The maximum Gasteiger partial charge on any atom is 0.346 e. The summed E-state index contributed by atoms with van der Waals surface area (Å²) in [5.41, 5.74) is 0.0902. The Morgan fingerprint density at radius 3 is 2.36 bits per heavy atom. The fourth-order valence-corrected chi connectivity index (χ4v) is 4.22. The lowest BCUT2D eigenvalue weighted by Crippen LogP contribution is -2.35. The molecular weight excluding hydrogens is 474 g/mol. The predicted molar refractivity (Wildman–Crippen MR) is 121 cm³/mol. The van der Waals surface area contributed by atoms with Gasteiger partial charge in [-0.1, -0.05) is 12.5 Å². The highest BCUT2D eigenvalue weighted by Crippen LogP contribution is 2.38. The van der Waals surface area contributed by atoms with Gasteiger partial charge in [0, 0.05) is 18.4 Å². The molecule has 0 unspecified atom stereocenters. The standard InChI is InChI=1S/C26H22F2N2O6/c27-20-6-4-5-19(22(20)28)24(31)34-17-9-7-16(8-10-17)23-29-13-18(14-30-23)35-25(32)21-15-33-26(36-21)11-2-1-3-12-26/h4-10,13-14,21H,1-3,11-12,15H2/t21-/m1/s1. The first-order valence-corrected chi connectivity index (χ1v) is 11.5. The van der Waals surface area contributed by atoms with Crippen LogP contribution in [-0.2, 0) is 14.3 Å². The van der Waals surface area contributed by atoms with Crippen LogP contribution in [0.1, 0.15) is 42.5 Å². The van der Waals surface area contributed by atoms with Crippen LogP contribution in [0.25, 0.3) is 11.4 Å². The normalized spacial score (nSPS) is 18.7. The van der Waals surface area contributed by atoms with E-state index < -0.39 is 41.0 Å². The van der Waals surface area contributed by atoms with E-state index in [0.29, 0.717) is 11.4 Å². The Hall–Kier alpha value is -3.76. The molecule has 1 aliphatic carbocycles. The lowest BCUT2D eigenvalue weighted by atomic mass is 9.94. The van der Waals surface area contributed by atoms with Crippen molar-refractivity contribution >= 4 is 11.9 Å². The summed E-state index contributed by atoms with van der Waals surface area (Å²) in [5, 5.41) is 0. The summed E-state index contributed by atoms with van der Waals surface area (Å²) in [5.74, 6) is -4.02. The number of aromatic nitrogens is 2.